The van der Waals surface area contributed by atoms with Crippen LogP contribution >= 0.6 is 0 Å². The van der Waals surface area contributed by atoms with Crippen molar-refractivity contribution in [1.29, 1.82) is 0 Å². The van der Waals surface area contributed by atoms with E-state index in [9.17, 15) is 13.2 Å². The Balaban J connectivity index is 1.79. The van der Waals surface area contributed by atoms with Crippen molar-refractivity contribution in [2.75, 3.05) is 23.7 Å². The molecule has 2 aliphatic rings. The number of carbonyl (C=O) groups is 1. The number of hydrogen-bond donors (Lipinski definition) is 2. The number of nitrogens with one attached hydrogen (secondary N) is 2. The minimum atomic E-state index is -3.28. The van der Waals surface area contributed by atoms with Crippen LogP contribution in [0.15, 0.2) is 18.2 Å². The highest BCUT2D eigenvalue weighted by Gasteiger charge is 2.26. The van der Waals surface area contributed by atoms with Gasteiger partial charge in [-0.2, -0.15) is 0 Å². The lowest BCUT2D eigenvalue weighted by atomic mass is 9.98. The van der Waals surface area contributed by atoms with Crippen molar-refractivity contribution in [3.8, 4) is 0 Å². The van der Waals surface area contributed by atoms with Crippen LogP contribution in [0.25, 0.3) is 0 Å². The Morgan fingerprint density at radius 3 is 2.83 bits per heavy atom. The van der Waals surface area contributed by atoms with Crippen molar-refractivity contribution in [3.05, 3.63) is 29.3 Å². The second-order valence-electron chi connectivity index (χ2n) is 6.75. The summed E-state index contributed by atoms with van der Waals surface area (Å²) >= 11 is 0. The molecule has 2 aliphatic heterocycles. The zero-order valence-corrected chi connectivity index (χ0v) is 15.0. The summed E-state index contributed by atoms with van der Waals surface area (Å²) in [6, 6.07) is 5.71. The van der Waals surface area contributed by atoms with Crippen LogP contribution in [0.2, 0.25) is 0 Å². The van der Waals surface area contributed by atoms with Gasteiger partial charge in [-0.05, 0) is 62.9 Å². The lowest BCUT2D eigenvalue weighted by Gasteiger charge is -2.31. The lowest BCUT2D eigenvalue weighted by Crippen LogP contribution is -2.51. The van der Waals surface area contributed by atoms with E-state index in [-0.39, 0.29) is 18.0 Å². The van der Waals surface area contributed by atoms with E-state index in [4.69, 9.17) is 0 Å². The van der Waals surface area contributed by atoms with Crippen LogP contribution in [-0.2, 0) is 16.4 Å². The number of benzene rings is 1. The maximum absolute atomic E-state index is 12.6. The van der Waals surface area contributed by atoms with Gasteiger partial charge in [-0.1, -0.05) is 0 Å². The number of piperidine rings is 1. The first kappa shape index (κ1) is 17.2. The topological polar surface area (TPSA) is 78.5 Å². The molecule has 1 saturated heterocycles. The second-order valence-corrected chi connectivity index (χ2v) is 8.65. The number of nitrogens with zero attached hydrogens (tertiary/aromatic N) is 1. The van der Waals surface area contributed by atoms with Gasteiger partial charge in [-0.15, -0.1) is 0 Å². The van der Waals surface area contributed by atoms with E-state index in [0.29, 0.717) is 17.8 Å². The summed E-state index contributed by atoms with van der Waals surface area (Å²) in [6.07, 6.45) is 4.83. The molecular weight excluding hydrogens is 326 g/mol. The highest BCUT2D eigenvalue weighted by molar-refractivity contribution is 7.92. The molecule has 2 unspecified atom stereocenters. The molecule has 2 atom stereocenters. The number of amides is 1. The Labute approximate surface area is 143 Å². The molecule has 132 valence electrons. The quantitative estimate of drug-likeness (QED) is 0.860. The highest BCUT2D eigenvalue weighted by Crippen LogP contribution is 2.30. The van der Waals surface area contributed by atoms with E-state index in [0.717, 1.165) is 37.8 Å². The molecule has 1 fully saturated rings. The van der Waals surface area contributed by atoms with E-state index >= 15 is 0 Å². The van der Waals surface area contributed by atoms with E-state index < -0.39 is 10.0 Å². The van der Waals surface area contributed by atoms with Crippen molar-refractivity contribution in [2.24, 2.45) is 0 Å². The third-order valence-electron chi connectivity index (χ3n) is 4.90. The molecule has 24 heavy (non-hydrogen) atoms. The molecule has 3 rings (SSSR count). The summed E-state index contributed by atoms with van der Waals surface area (Å²) < 4.78 is 25.2. The van der Waals surface area contributed by atoms with Gasteiger partial charge in [-0.25, -0.2) is 8.42 Å². The Bertz CT molecular complexity index is 733. The summed E-state index contributed by atoms with van der Waals surface area (Å²) in [5, 5.41) is 6.47. The van der Waals surface area contributed by atoms with Crippen LogP contribution < -0.4 is 14.9 Å². The smallest absolute Gasteiger partial charge is 0.251 e. The van der Waals surface area contributed by atoms with Crippen LogP contribution in [0, 0.1) is 0 Å². The third kappa shape index (κ3) is 3.57. The highest BCUT2D eigenvalue weighted by atomic mass is 32.2. The lowest BCUT2D eigenvalue weighted by molar-refractivity contribution is 0.0919. The average molecular weight is 351 g/mol. The summed E-state index contributed by atoms with van der Waals surface area (Å²) in [5.74, 6) is -0.0881. The van der Waals surface area contributed by atoms with Crippen molar-refractivity contribution < 1.29 is 13.2 Å². The predicted molar refractivity (Wildman–Crippen MR) is 94.9 cm³/mol. The van der Waals surface area contributed by atoms with Crippen LogP contribution in [0.4, 0.5) is 5.69 Å². The normalized spacial score (nSPS) is 24.3. The first-order chi connectivity index (χ1) is 11.4. The molecule has 2 N–H and O–H groups in total. The van der Waals surface area contributed by atoms with Gasteiger partial charge in [0.2, 0.25) is 10.0 Å². The van der Waals surface area contributed by atoms with Gasteiger partial charge >= 0.3 is 0 Å². The molecule has 0 aliphatic carbocycles. The fourth-order valence-electron chi connectivity index (χ4n) is 3.54. The van der Waals surface area contributed by atoms with E-state index in [2.05, 4.69) is 17.6 Å². The first-order valence-electron chi connectivity index (χ1n) is 8.51. The first-order valence-corrected chi connectivity index (χ1v) is 10.4. The predicted octanol–water partition coefficient (Wildman–Crippen LogP) is 1.27. The zero-order chi connectivity index (χ0) is 17.3. The van der Waals surface area contributed by atoms with E-state index in [1.165, 1.54) is 10.6 Å². The fourth-order valence-corrected chi connectivity index (χ4v) is 4.54. The standard InChI is InChI=1S/C17H25N3O3S/c1-12-15(6-3-9-18-12)19-17(21)14-7-8-16-13(11-14)5-4-10-20(16)24(2,22)23/h7-8,11-12,15,18H,3-6,9-10H2,1-2H3,(H,19,21). The minimum Gasteiger partial charge on any atom is -0.348 e. The molecule has 0 saturated carbocycles. The number of carbonyl (C=O) groups excluding carboxylic acids is 1. The van der Waals surface area contributed by atoms with E-state index in [1.54, 1.807) is 12.1 Å². The molecule has 0 aromatic heterocycles. The fraction of sp³-hybridized carbons (Fsp3) is 0.588. The Morgan fingerprint density at radius 1 is 1.33 bits per heavy atom. The average Bonchev–Trinajstić information content (AvgIpc) is 2.55. The van der Waals surface area contributed by atoms with E-state index in [1.807, 2.05) is 6.07 Å². The Morgan fingerprint density at radius 2 is 2.12 bits per heavy atom. The van der Waals surface area contributed by atoms with Crippen molar-refractivity contribution >= 4 is 21.6 Å². The van der Waals surface area contributed by atoms with Crippen LogP contribution in [0.1, 0.15) is 42.1 Å². The van der Waals surface area contributed by atoms with Gasteiger partial charge in [0.1, 0.15) is 0 Å². The largest absolute Gasteiger partial charge is 0.348 e. The van der Waals surface area contributed by atoms with Gasteiger partial charge in [0.15, 0.2) is 0 Å². The van der Waals surface area contributed by atoms with Gasteiger partial charge in [0.05, 0.1) is 11.9 Å². The molecule has 1 aromatic rings. The van der Waals surface area contributed by atoms with Crippen molar-refractivity contribution in [1.82, 2.24) is 10.6 Å². The molecule has 0 spiro atoms. The van der Waals surface area contributed by atoms with Gasteiger partial charge in [0, 0.05) is 24.2 Å². The van der Waals surface area contributed by atoms with Gasteiger partial charge in [-0.3, -0.25) is 9.10 Å². The zero-order valence-electron chi connectivity index (χ0n) is 14.2. The molecule has 2 heterocycles. The maximum Gasteiger partial charge on any atom is 0.251 e. The van der Waals surface area contributed by atoms with Gasteiger partial charge < -0.3 is 10.6 Å². The van der Waals surface area contributed by atoms with Gasteiger partial charge in [0.25, 0.3) is 5.91 Å². The molecular formula is C17H25N3O3S. The molecule has 6 nitrogen and oxygen atoms in total. The molecule has 7 heteroatoms. The van der Waals surface area contributed by atoms with Crippen molar-refractivity contribution in [3.63, 3.8) is 0 Å². The van der Waals surface area contributed by atoms with Crippen LogP contribution in [-0.4, -0.2) is 45.8 Å². The maximum atomic E-state index is 12.6. The SMILES string of the molecule is CC1NCCCC1NC(=O)c1ccc2c(c1)CCCN2S(C)(=O)=O. The number of aryl methyl sites for hydroxylation is 1. The monoisotopic (exact) mass is 351 g/mol. The molecule has 0 radical (unpaired) electrons. The second kappa shape index (κ2) is 6.72. The summed E-state index contributed by atoms with van der Waals surface area (Å²) in [5.41, 5.74) is 2.23. The van der Waals surface area contributed by atoms with Crippen LogP contribution in [0.3, 0.4) is 0 Å². The number of hydrogen-bond acceptors (Lipinski definition) is 4. The Hall–Kier alpha value is -1.60. The summed E-state index contributed by atoms with van der Waals surface area (Å²) in [4.78, 5) is 12.6. The summed E-state index contributed by atoms with van der Waals surface area (Å²) in [7, 11) is -3.28. The number of fused-ring (bicyclic) bond motifs is 1. The third-order valence-corrected chi connectivity index (χ3v) is 6.08. The van der Waals surface area contributed by atoms with Crippen LogP contribution in [0.5, 0.6) is 0 Å². The number of sulfonamides is 1. The molecule has 1 aromatic carbocycles. The molecule has 1 amide bonds. The number of anilines is 1. The Kier molecular flexibility index (Phi) is 4.83. The number of rotatable bonds is 3. The minimum absolute atomic E-state index is 0.0881. The summed E-state index contributed by atoms with van der Waals surface area (Å²) in [6.45, 7) is 3.58. The molecule has 0 bridgehead atoms. The van der Waals surface area contributed by atoms with Crippen molar-refractivity contribution in [2.45, 2.75) is 44.7 Å².